The Morgan fingerprint density at radius 1 is 1.73 bits per heavy atom. The topological polar surface area (TPSA) is 66.8 Å². The van der Waals surface area contributed by atoms with Gasteiger partial charge < -0.3 is 14.7 Å². The Morgan fingerprint density at radius 2 is 2.40 bits per heavy atom. The second-order valence-corrected chi connectivity index (χ2v) is 3.13. The van der Waals surface area contributed by atoms with Crippen LogP contribution in [0.1, 0.15) is 6.42 Å². The van der Waals surface area contributed by atoms with Crippen LogP contribution in [0.2, 0.25) is 0 Å². The summed E-state index contributed by atoms with van der Waals surface area (Å²) in [5.74, 6) is -1.25. The first-order valence-electron chi connectivity index (χ1n) is 4.52. The van der Waals surface area contributed by atoms with Gasteiger partial charge in [0.15, 0.2) is 6.79 Å². The van der Waals surface area contributed by atoms with Crippen molar-refractivity contribution in [2.45, 2.75) is 6.42 Å². The lowest BCUT2D eigenvalue weighted by Crippen LogP contribution is -2.30. The van der Waals surface area contributed by atoms with E-state index in [0.29, 0.717) is 13.0 Å². The van der Waals surface area contributed by atoms with E-state index in [1.807, 2.05) is 0 Å². The molecule has 1 saturated heterocycles. The lowest BCUT2D eigenvalue weighted by molar-refractivity contribution is -0.150. The fourth-order valence-electron chi connectivity index (χ4n) is 1.44. The van der Waals surface area contributed by atoms with Crippen molar-refractivity contribution in [1.29, 1.82) is 0 Å². The van der Waals surface area contributed by atoms with Gasteiger partial charge in [0.1, 0.15) is 5.70 Å². The molecular formula is C10H13NO4. The molecule has 1 fully saturated rings. The van der Waals surface area contributed by atoms with Gasteiger partial charge in [-0.05, 0) is 6.42 Å². The summed E-state index contributed by atoms with van der Waals surface area (Å²) in [6.45, 7) is 6.70. The molecule has 5 heteroatoms. The quantitative estimate of drug-likeness (QED) is 0.308. The Kier molecular flexibility index (Phi) is 3.62. The van der Waals surface area contributed by atoms with Gasteiger partial charge in [-0.15, -0.1) is 6.58 Å². The Labute approximate surface area is 87.6 Å². The molecule has 0 aliphatic carbocycles. The van der Waals surface area contributed by atoms with Crippen LogP contribution in [-0.2, 0) is 14.3 Å². The number of rotatable bonds is 4. The number of carbonyl (C=O) groups excluding carboxylic acids is 2. The highest BCUT2D eigenvalue weighted by Crippen LogP contribution is 2.22. The molecule has 0 radical (unpaired) electrons. The highest BCUT2D eigenvalue weighted by Gasteiger charge is 2.33. The standard InChI is InChI=1S/C10H13NO4/c1-3-8-4-5-11(9(8)13)7(2)10(14)15-6-12/h3,8,12H,1-2,4-6H2. The second kappa shape index (κ2) is 4.75. The average molecular weight is 211 g/mol. The molecule has 0 bridgehead atoms. The zero-order valence-electron chi connectivity index (χ0n) is 8.31. The predicted octanol–water partition coefficient (Wildman–Crippen LogP) is 0.0276. The maximum Gasteiger partial charge on any atom is 0.356 e. The second-order valence-electron chi connectivity index (χ2n) is 3.13. The highest BCUT2D eigenvalue weighted by molar-refractivity contribution is 5.95. The summed E-state index contributed by atoms with van der Waals surface area (Å²) in [7, 11) is 0. The lowest BCUT2D eigenvalue weighted by Gasteiger charge is -2.16. The third kappa shape index (κ3) is 2.24. The van der Waals surface area contributed by atoms with Crippen LogP contribution in [0.5, 0.6) is 0 Å². The van der Waals surface area contributed by atoms with E-state index in [1.165, 1.54) is 4.90 Å². The van der Waals surface area contributed by atoms with Crippen molar-refractivity contribution in [1.82, 2.24) is 4.90 Å². The molecule has 1 aliphatic rings. The van der Waals surface area contributed by atoms with Crippen LogP contribution in [0.4, 0.5) is 0 Å². The van der Waals surface area contributed by atoms with E-state index >= 15 is 0 Å². The Bertz CT molecular complexity index is 311. The molecule has 82 valence electrons. The fraction of sp³-hybridized carbons (Fsp3) is 0.400. The molecule has 0 aromatic rings. The molecule has 15 heavy (non-hydrogen) atoms. The van der Waals surface area contributed by atoms with Gasteiger partial charge in [0.05, 0.1) is 5.92 Å². The Hall–Kier alpha value is -1.62. The minimum absolute atomic E-state index is 0.0431. The average Bonchev–Trinajstić information content (AvgIpc) is 2.59. The zero-order valence-corrected chi connectivity index (χ0v) is 8.31. The van der Waals surface area contributed by atoms with Gasteiger partial charge in [-0.2, -0.15) is 0 Å². The first-order valence-corrected chi connectivity index (χ1v) is 4.52. The number of aliphatic hydroxyl groups excluding tert-OH is 1. The van der Waals surface area contributed by atoms with Crippen molar-refractivity contribution in [3.05, 3.63) is 24.9 Å². The number of amides is 1. The van der Waals surface area contributed by atoms with Gasteiger partial charge in [0.25, 0.3) is 0 Å². The van der Waals surface area contributed by atoms with E-state index in [1.54, 1.807) is 6.08 Å². The number of carbonyl (C=O) groups is 2. The van der Waals surface area contributed by atoms with Gasteiger partial charge in [0.2, 0.25) is 5.91 Å². The molecule has 0 aromatic heterocycles. The molecule has 1 rings (SSSR count). The van der Waals surface area contributed by atoms with Crippen LogP contribution in [0, 0.1) is 5.92 Å². The van der Waals surface area contributed by atoms with Crippen molar-refractivity contribution in [2.75, 3.05) is 13.3 Å². The first-order chi connectivity index (χ1) is 7.11. The SMILES string of the molecule is C=CC1CCN(C(=C)C(=O)OCO)C1=O. The van der Waals surface area contributed by atoms with Gasteiger partial charge in [0, 0.05) is 6.54 Å². The summed E-state index contributed by atoms with van der Waals surface area (Å²) in [5.41, 5.74) is -0.0431. The minimum atomic E-state index is -0.782. The Morgan fingerprint density at radius 3 is 2.87 bits per heavy atom. The molecule has 1 amide bonds. The van der Waals surface area contributed by atoms with E-state index < -0.39 is 12.8 Å². The normalized spacial score (nSPS) is 20.2. The van der Waals surface area contributed by atoms with Crippen molar-refractivity contribution in [3.63, 3.8) is 0 Å². The summed E-state index contributed by atoms with van der Waals surface area (Å²) >= 11 is 0. The number of likely N-dealkylation sites (tertiary alicyclic amines) is 1. The molecule has 1 aliphatic heterocycles. The summed E-state index contributed by atoms with van der Waals surface area (Å²) in [5, 5.41) is 8.39. The maximum atomic E-state index is 11.6. The van der Waals surface area contributed by atoms with Crippen molar-refractivity contribution in [3.8, 4) is 0 Å². The van der Waals surface area contributed by atoms with Crippen LogP contribution in [0.25, 0.3) is 0 Å². The molecule has 1 unspecified atom stereocenters. The molecule has 1 heterocycles. The predicted molar refractivity (Wildman–Crippen MR) is 52.3 cm³/mol. The third-order valence-electron chi connectivity index (χ3n) is 2.29. The van der Waals surface area contributed by atoms with E-state index in [2.05, 4.69) is 17.9 Å². The molecule has 0 aromatic carbocycles. The van der Waals surface area contributed by atoms with Crippen LogP contribution in [0.3, 0.4) is 0 Å². The van der Waals surface area contributed by atoms with Crippen molar-refractivity contribution in [2.24, 2.45) is 5.92 Å². The Balaban J connectivity index is 2.66. The van der Waals surface area contributed by atoms with E-state index in [0.717, 1.165) is 0 Å². The molecule has 1 atom stereocenters. The molecular weight excluding hydrogens is 198 g/mol. The molecule has 1 N–H and O–H groups in total. The van der Waals surface area contributed by atoms with Crippen LogP contribution in [0.15, 0.2) is 24.9 Å². The lowest BCUT2D eigenvalue weighted by atomic mass is 10.1. The van der Waals surface area contributed by atoms with Gasteiger partial charge in [-0.25, -0.2) is 4.79 Å². The number of aliphatic hydroxyl groups is 1. The van der Waals surface area contributed by atoms with Crippen molar-refractivity contribution < 1.29 is 19.4 Å². The fourth-order valence-corrected chi connectivity index (χ4v) is 1.44. The number of hydrogen-bond donors (Lipinski definition) is 1. The van der Waals surface area contributed by atoms with Gasteiger partial charge in [-0.3, -0.25) is 4.79 Å². The third-order valence-corrected chi connectivity index (χ3v) is 2.29. The van der Waals surface area contributed by atoms with Crippen LogP contribution < -0.4 is 0 Å². The van der Waals surface area contributed by atoms with Crippen LogP contribution in [-0.4, -0.2) is 35.2 Å². The van der Waals surface area contributed by atoms with Crippen LogP contribution >= 0.6 is 0 Å². The number of hydrogen-bond acceptors (Lipinski definition) is 4. The zero-order chi connectivity index (χ0) is 11.4. The summed E-state index contributed by atoms with van der Waals surface area (Å²) < 4.78 is 4.33. The number of nitrogens with zero attached hydrogens (tertiary/aromatic N) is 1. The summed E-state index contributed by atoms with van der Waals surface area (Å²) in [4.78, 5) is 24.0. The van der Waals surface area contributed by atoms with Gasteiger partial charge in [-0.1, -0.05) is 12.7 Å². The first kappa shape index (κ1) is 11.5. The smallest absolute Gasteiger partial charge is 0.356 e. The van der Waals surface area contributed by atoms with E-state index in [4.69, 9.17) is 5.11 Å². The summed E-state index contributed by atoms with van der Waals surface area (Å²) in [6, 6.07) is 0. The highest BCUT2D eigenvalue weighted by atomic mass is 16.6. The molecule has 0 saturated carbocycles. The molecule has 5 nitrogen and oxygen atoms in total. The number of esters is 1. The van der Waals surface area contributed by atoms with Crippen molar-refractivity contribution >= 4 is 11.9 Å². The summed E-state index contributed by atoms with van der Waals surface area (Å²) in [6.07, 6.45) is 2.17. The van der Waals surface area contributed by atoms with E-state index in [-0.39, 0.29) is 17.5 Å². The largest absolute Gasteiger partial charge is 0.434 e. The number of ether oxygens (including phenoxy) is 1. The molecule has 0 spiro atoms. The minimum Gasteiger partial charge on any atom is -0.434 e. The van der Waals surface area contributed by atoms with E-state index in [9.17, 15) is 9.59 Å². The van der Waals surface area contributed by atoms with Gasteiger partial charge >= 0.3 is 5.97 Å². The monoisotopic (exact) mass is 211 g/mol. The maximum absolute atomic E-state index is 11.6.